The van der Waals surface area contributed by atoms with E-state index >= 15 is 0 Å². The van der Waals surface area contributed by atoms with Gasteiger partial charge in [-0.25, -0.2) is 9.97 Å². The SMILES string of the molecule is C[C@@H]1C[C@@H](O)c2ncnc(N3CCN(C(=O)[C@H](CNCCC(=O)NCCCCCCCCNc4cccc5c4C(=O)N(C4CCC(=O)N(C)C4=O)C5=O)c4ccc(Cl)cc4)CC3)c21. The van der Waals surface area contributed by atoms with E-state index in [1.54, 1.807) is 30.3 Å². The molecule has 2 aromatic carbocycles. The van der Waals surface area contributed by atoms with Gasteiger partial charge in [-0.05, 0) is 61.4 Å². The number of benzene rings is 2. The molecule has 6 amide bonds. The van der Waals surface area contributed by atoms with Crippen LogP contribution in [0.15, 0.2) is 48.8 Å². The van der Waals surface area contributed by atoms with Crippen molar-refractivity contribution < 1.29 is 33.9 Å². The molecule has 3 aromatic rings. The number of carbonyl (C=O) groups is 6. The van der Waals surface area contributed by atoms with Gasteiger partial charge in [0.15, 0.2) is 0 Å². The van der Waals surface area contributed by atoms with Crippen LogP contribution in [0.2, 0.25) is 5.02 Å². The van der Waals surface area contributed by atoms with Crippen molar-refractivity contribution >= 4 is 58.5 Å². The van der Waals surface area contributed by atoms with Gasteiger partial charge in [-0.2, -0.15) is 0 Å². The fourth-order valence-corrected chi connectivity index (χ4v) is 9.30. The summed E-state index contributed by atoms with van der Waals surface area (Å²) in [5.41, 5.74) is 3.67. The fourth-order valence-electron chi connectivity index (χ4n) is 9.17. The fraction of sp³-hybridized carbons (Fsp3) is 0.522. The summed E-state index contributed by atoms with van der Waals surface area (Å²) >= 11 is 6.18. The number of halogens is 1. The number of piperazine rings is 1. The molecule has 0 radical (unpaired) electrons. The summed E-state index contributed by atoms with van der Waals surface area (Å²) < 4.78 is 0. The lowest BCUT2D eigenvalue weighted by Crippen LogP contribution is -2.54. The molecule has 4 N–H and O–H groups in total. The number of imide groups is 2. The third kappa shape index (κ3) is 10.3. The monoisotopic (exact) mass is 883 g/mol. The number of anilines is 2. The lowest BCUT2D eigenvalue weighted by molar-refractivity contribution is -0.149. The third-order valence-electron chi connectivity index (χ3n) is 12.7. The second kappa shape index (κ2) is 20.8. The molecule has 336 valence electrons. The van der Waals surface area contributed by atoms with Crippen LogP contribution in [0.5, 0.6) is 0 Å². The van der Waals surface area contributed by atoms with Gasteiger partial charge in [-0.1, -0.05) is 62.4 Å². The van der Waals surface area contributed by atoms with Crippen molar-refractivity contribution in [3.05, 3.63) is 81.8 Å². The molecule has 1 unspecified atom stereocenters. The molecule has 4 heterocycles. The van der Waals surface area contributed by atoms with Crippen molar-refractivity contribution in [2.24, 2.45) is 0 Å². The number of rotatable bonds is 19. The highest BCUT2D eigenvalue weighted by atomic mass is 35.5. The van der Waals surface area contributed by atoms with E-state index in [1.807, 2.05) is 17.0 Å². The number of aliphatic hydroxyl groups is 1. The number of carbonyl (C=O) groups excluding carboxylic acids is 6. The number of likely N-dealkylation sites (N-methyl/N-ethyl adjacent to an activating group) is 1. The van der Waals surface area contributed by atoms with E-state index in [4.69, 9.17) is 11.6 Å². The Labute approximate surface area is 373 Å². The number of likely N-dealkylation sites (tertiary alicyclic amines) is 1. The first kappa shape index (κ1) is 45.6. The van der Waals surface area contributed by atoms with Crippen LogP contribution in [-0.4, -0.2) is 131 Å². The van der Waals surface area contributed by atoms with Gasteiger partial charge in [0.2, 0.25) is 17.7 Å². The number of fused-ring (bicyclic) bond motifs is 2. The third-order valence-corrected chi connectivity index (χ3v) is 13.0. The van der Waals surface area contributed by atoms with Crippen LogP contribution in [-0.2, 0) is 19.2 Å². The van der Waals surface area contributed by atoms with E-state index in [0.29, 0.717) is 81.6 Å². The zero-order chi connectivity index (χ0) is 44.6. The molecule has 2 saturated heterocycles. The van der Waals surface area contributed by atoms with Gasteiger partial charge < -0.3 is 30.9 Å². The summed E-state index contributed by atoms with van der Waals surface area (Å²) in [7, 11) is 1.37. The van der Waals surface area contributed by atoms with E-state index in [-0.39, 0.29) is 47.6 Å². The summed E-state index contributed by atoms with van der Waals surface area (Å²) in [6.07, 6.45) is 7.82. The Morgan fingerprint density at radius 2 is 1.60 bits per heavy atom. The van der Waals surface area contributed by atoms with Crippen molar-refractivity contribution in [3.63, 3.8) is 0 Å². The normalized spacial score (nSPS) is 20.3. The molecule has 16 nitrogen and oxygen atoms in total. The molecule has 3 aliphatic heterocycles. The summed E-state index contributed by atoms with van der Waals surface area (Å²) in [5, 5.41) is 20.7. The first-order valence-corrected chi connectivity index (χ1v) is 22.7. The van der Waals surface area contributed by atoms with Crippen LogP contribution in [0.1, 0.15) is 127 Å². The Morgan fingerprint density at radius 3 is 2.35 bits per heavy atom. The van der Waals surface area contributed by atoms with Crippen molar-refractivity contribution in [1.82, 2.24) is 35.3 Å². The molecule has 0 saturated carbocycles. The van der Waals surface area contributed by atoms with Crippen LogP contribution >= 0.6 is 11.6 Å². The minimum atomic E-state index is -0.985. The molecule has 1 aromatic heterocycles. The first-order valence-electron chi connectivity index (χ1n) is 22.3. The second-order valence-corrected chi connectivity index (χ2v) is 17.4. The number of hydrogen-bond acceptors (Lipinski definition) is 12. The predicted octanol–water partition coefficient (Wildman–Crippen LogP) is 4.40. The highest BCUT2D eigenvalue weighted by Crippen LogP contribution is 2.43. The Kier molecular flexibility index (Phi) is 15.1. The first-order chi connectivity index (χ1) is 30.4. The van der Waals surface area contributed by atoms with Gasteiger partial charge in [-0.3, -0.25) is 38.6 Å². The average molecular weight is 884 g/mol. The number of piperidine rings is 1. The predicted molar refractivity (Wildman–Crippen MR) is 237 cm³/mol. The topological polar surface area (TPSA) is 197 Å². The second-order valence-electron chi connectivity index (χ2n) is 17.0. The van der Waals surface area contributed by atoms with Gasteiger partial charge in [0.05, 0.1) is 28.8 Å². The van der Waals surface area contributed by atoms with E-state index in [9.17, 15) is 33.9 Å². The maximum absolute atomic E-state index is 14.0. The highest BCUT2D eigenvalue weighted by molar-refractivity contribution is 6.30. The highest BCUT2D eigenvalue weighted by Gasteiger charge is 2.47. The Bertz CT molecular complexity index is 2180. The number of unbranched alkanes of at least 4 members (excludes halogenated alkanes) is 5. The number of nitrogens with zero attached hydrogens (tertiary/aromatic N) is 6. The minimum absolute atomic E-state index is 0.0193. The van der Waals surface area contributed by atoms with Crippen LogP contribution in [0, 0.1) is 0 Å². The van der Waals surface area contributed by atoms with Crippen molar-refractivity contribution in [2.75, 3.05) is 69.6 Å². The molecule has 63 heavy (non-hydrogen) atoms. The van der Waals surface area contributed by atoms with Crippen LogP contribution in [0.4, 0.5) is 11.5 Å². The number of nitrogens with one attached hydrogen (secondary N) is 3. The molecule has 0 spiro atoms. The maximum atomic E-state index is 14.0. The van der Waals surface area contributed by atoms with E-state index < -0.39 is 35.8 Å². The molecule has 7 rings (SSSR count). The van der Waals surface area contributed by atoms with E-state index in [0.717, 1.165) is 65.3 Å². The summed E-state index contributed by atoms with van der Waals surface area (Å²) in [4.78, 5) is 93.0. The Morgan fingerprint density at radius 1 is 0.889 bits per heavy atom. The maximum Gasteiger partial charge on any atom is 0.264 e. The molecule has 4 aliphatic rings. The van der Waals surface area contributed by atoms with Crippen LogP contribution < -0.4 is 20.9 Å². The Hall–Kier alpha value is -5.45. The minimum Gasteiger partial charge on any atom is -0.387 e. The zero-order valence-corrected chi connectivity index (χ0v) is 36.9. The molecule has 4 atom stereocenters. The Balaban J connectivity index is 0.768. The van der Waals surface area contributed by atoms with Crippen LogP contribution in [0.3, 0.4) is 0 Å². The molecule has 2 fully saturated rings. The van der Waals surface area contributed by atoms with Gasteiger partial charge in [0.25, 0.3) is 17.7 Å². The van der Waals surface area contributed by atoms with E-state index in [2.05, 4.69) is 37.7 Å². The number of aromatic nitrogens is 2. The molecule has 17 heteroatoms. The summed E-state index contributed by atoms with van der Waals surface area (Å²) in [6, 6.07) is 11.4. The number of hydrogen-bond donors (Lipinski definition) is 4. The molecule has 1 aliphatic carbocycles. The smallest absolute Gasteiger partial charge is 0.264 e. The van der Waals surface area contributed by atoms with Gasteiger partial charge >= 0.3 is 0 Å². The lowest BCUT2D eigenvalue weighted by Gasteiger charge is -2.38. The van der Waals surface area contributed by atoms with Crippen molar-refractivity contribution in [1.29, 1.82) is 0 Å². The van der Waals surface area contributed by atoms with Gasteiger partial charge in [0, 0.05) is 88.5 Å². The largest absolute Gasteiger partial charge is 0.387 e. The number of amides is 6. The van der Waals surface area contributed by atoms with Crippen LogP contribution in [0.25, 0.3) is 0 Å². The van der Waals surface area contributed by atoms with Gasteiger partial charge in [-0.15, -0.1) is 0 Å². The van der Waals surface area contributed by atoms with E-state index in [1.165, 1.54) is 13.4 Å². The molecular formula is C46H58ClN9O7. The number of aliphatic hydroxyl groups excluding tert-OH is 1. The quantitative estimate of drug-likeness (QED) is 0.0981. The molecular weight excluding hydrogens is 826 g/mol. The summed E-state index contributed by atoms with van der Waals surface area (Å²) in [5.74, 6) is -1.34. The lowest BCUT2D eigenvalue weighted by atomic mass is 9.97. The standard InChI is InChI=1S/C46H58ClN9O7/c1-29-26-36(57)41-39(29)42(52-28-51-41)54-22-24-55(25-23-54)43(60)33(30-12-14-31(47)15-13-30)27-48-21-18-37(58)50-20-8-6-4-3-5-7-19-49-34-11-9-10-32-40(34)46(63)56(44(32)61)35-16-17-38(59)53(2)45(35)62/h9-15,28-29,33,35-36,48-49,57H,3-8,16-27H2,1-2H3,(H,50,58)/t29-,33-,35?,36-/m1/s1. The molecule has 0 bridgehead atoms. The average Bonchev–Trinajstić information content (AvgIpc) is 3.73. The van der Waals surface area contributed by atoms with Crippen molar-refractivity contribution in [2.45, 2.75) is 95.1 Å². The summed E-state index contributed by atoms with van der Waals surface area (Å²) in [6.45, 7) is 6.44. The van der Waals surface area contributed by atoms with Gasteiger partial charge in [0.1, 0.15) is 18.2 Å². The zero-order valence-electron chi connectivity index (χ0n) is 36.1. The van der Waals surface area contributed by atoms with Crippen molar-refractivity contribution in [3.8, 4) is 0 Å².